The number of aliphatic hydroxyl groups is 1. The normalized spacial score (nSPS) is 21.7. The van der Waals surface area contributed by atoms with Crippen LogP contribution < -0.4 is 5.32 Å². The number of halogens is 1. The molecule has 104 valence electrons. The number of rotatable bonds is 4. The van der Waals surface area contributed by atoms with Gasteiger partial charge in [0.25, 0.3) is 0 Å². The van der Waals surface area contributed by atoms with E-state index in [9.17, 15) is 0 Å². The summed E-state index contributed by atoms with van der Waals surface area (Å²) in [6.45, 7) is 0.942. The van der Waals surface area contributed by atoms with Crippen LogP contribution in [-0.4, -0.2) is 22.7 Å². The molecule has 0 saturated carbocycles. The third kappa shape index (κ3) is 2.85. The van der Waals surface area contributed by atoms with Gasteiger partial charge in [0.05, 0.1) is 5.52 Å². The fraction of sp³-hybridized carbons (Fsp3) is 0.312. The molecule has 0 fully saturated rings. The number of nitrogens with zero attached hydrogens (tertiary/aromatic N) is 1. The van der Waals surface area contributed by atoms with Crippen molar-refractivity contribution < 1.29 is 5.11 Å². The zero-order valence-corrected chi connectivity index (χ0v) is 11.8. The molecule has 1 aromatic heterocycles. The fourth-order valence-electron chi connectivity index (χ4n) is 2.66. The quantitative estimate of drug-likeness (QED) is 0.850. The molecule has 0 aliphatic heterocycles. The minimum Gasteiger partial charge on any atom is -0.396 e. The number of hydrogen-bond donors (Lipinski definition) is 2. The van der Waals surface area contributed by atoms with Gasteiger partial charge in [-0.25, -0.2) is 0 Å². The number of hydrogen-bond acceptors (Lipinski definition) is 3. The van der Waals surface area contributed by atoms with Crippen molar-refractivity contribution in [2.45, 2.75) is 19.0 Å². The molecule has 20 heavy (non-hydrogen) atoms. The van der Waals surface area contributed by atoms with Gasteiger partial charge < -0.3 is 10.4 Å². The van der Waals surface area contributed by atoms with E-state index >= 15 is 0 Å². The van der Waals surface area contributed by atoms with Crippen LogP contribution in [0.4, 0.5) is 0 Å². The number of fused-ring (bicyclic) bond motifs is 1. The van der Waals surface area contributed by atoms with Gasteiger partial charge in [-0.1, -0.05) is 29.8 Å². The number of benzene rings is 1. The van der Waals surface area contributed by atoms with Gasteiger partial charge in [0.1, 0.15) is 0 Å². The number of pyridine rings is 1. The van der Waals surface area contributed by atoms with E-state index in [-0.39, 0.29) is 12.5 Å². The second-order valence-corrected chi connectivity index (χ2v) is 5.63. The van der Waals surface area contributed by atoms with E-state index in [0.29, 0.717) is 6.04 Å². The van der Waals surface area contributed by atoms with E-state index in [1.807, 2.05) is 24.3 Å². The van der Waals surface area contributed by atoms with Crippen LogP contribution in [0.3, 0.4) is 0 Å². The Morgan fingerprint density at radius 2 is 2.25 bits per heavy atom. The molecule has 0 spiro atoms. The fourth-order valence-corrected chi connectivity index (χ4v) is 2.91. The van der Waals surface area contributed by atoms with Crippen molar-refractivity contribution in [1.29, 1.82) is 0 Å². The summed E-state index contributed by atoms with van der Waals surface area (Å²) in [5.74, 6) is 0.279. The molecule has 1 aliphatic rings. The summed E-state index contributed by atoms with van der Waals surface area (Å²) in [6.07, 6.45) is 6.95. The standard InChI is InChI=1S/C16H17ClN2O/c17-14-7-12-2-1-5-18-16(12)13(8-14)9-19-15-4-3-11(6-15)10-20/h1-5,7-8,11,15,19-20H,6,9-10H2/t11-,15+/m0/s1. The lowest BCUT2D eigenvalue weighted by Gasteiger charge is -2.14. The molecule has 1 heterocycles. The van der Waals surface area contributed by atoms with Crippen molar-refractivity contribution in [3.05, 3.63) is 53.2 Å². The molecule has 4 heteroatoms. The Morgan fingerprint density at radius 3 is 3.05 bits per heavy atom. The van der Waals surface area contributed by atoms with Crippen LogP contribution in [0.2, 0.25) is 5.02 Å². The lowest BCUT2D eigenvalue weighted by Crippen LogP contribution is -2.26. The molecule has 0 amide bonds. The maximum absolute atomic E-state index is 9.14. The van der Waals surface area contributed by atoms with Crippen molar-refractivity contribution in [3.8, 4) is 0 Å². The van der Waals surface area contributed by atoms with E-state index in [4.69, 9.17) is 16.7 Å². The smallest absolute Gasteiger partial charge is 0.0747 e. The highest BCUT2D eigenvalue weighted by molar-refractivity contribution is 6.31. The predicted molar refractivity (Wildman–Crippen MR) is 81.7 cm³/mol. The van der Waals surface area contributed by atoms with Crippen LogP contribution in [0.15, 0.2) is 42.6 Å². The molecule has 1 aliphatic carbocycles. The van der Waals surface area contributed by atoms with Crippen LogP contribution in [0.1, 0.15) is 12.0 Å². The molecule has 2 atom stereocenters. The summed E-state index contributed by atoms with van der Waals surface area (Å²) in [5, 5.41) is 14.4. The van der Waals surface area contributed by atoms with Crippen LogP contribution in [0.25, 0.3) is 10.9 Å². The van der Waals surface area contributed by atoms with E-state index in [2.05, 4.69) is 22.5 Å². The summed E-state index contributed by atoms with van der Waals surface area (Å²) in [7, 11) is 0. The van der Waals surface area contributed by atoms with Gasteiger partial charge in [-0.05, 0) is 30.2 Å². The monoisotopic (exact) mass is 288 g/mol. The highest BCUT2D eigenvalue weighted by Gasteiger charge is 2.17. The number of aliphatic hydroxyl groups excluding tert-OH is 1. The van der Waals surface area contributed by atoms with E-state index in [1.165, 1.54) is 0 Å². The maximum Gasteiger partial charge on any atom is 0.0747 e. The van der Waals surface area contributed by atoms with Gasteiger partial charge >= 0.3 is 0 Å². The van der Waals surface area contributed by atoms with Crippen LogP contribution in [-0.2, 0) is 6.54 Å². The molecule has 0 radical (unpaired) electrons. The molecule has 3 nitrogen and oxygen atoms in total. The first-order valence-electron chi connectivity index (χ1n) is 6.82. The molecular weight excluding hydrogens is 272 g/mol. The Hall–Kier alpha value is -1.42. The van der Waals surface area contributed by atoms with E-state index < -0.39 is 0 Å². The van der Waals surface area contributed by atoms with Gasteiger partial charge in [0.15, 0.2) is 0 Å². The second-order valence-electron chi connectivity index (χ2n) is 5.19. The molecule has 0 saturated heterocycles. The average Bonchev–Trinajstić information content (AvgIpc) is 2.92. The topological polar surface area (TPSA) is 45.1 Å². The summed E-state index contributed by atoms with van der Waals surface area (Å²) < 4.78 is 0. The van der Waals surface area contributed by atoms with Gasteiger partial charge in [0.2, 0.25) is 0 Å². The van der Waals surface area contributed by atoms with Crippen LogP contribution >= 0.6 is 11.6 Å². The SMILES string of the molecule is OC[C@H]1C=C[C@@H](NCc2cc(Cl)cc3cccnc23)C1. The first-order valence-corrected chi connectivity index (χ1v) is 7.20. The maximum atomic E-state index is 9.14. The lowest BCUT2D eigenvalue weighted by molar-refractivity contribution is 0.246. The lowest BCUT2D eigenvalue weighted by atomic mass is 10.1. The zero-order chi connectivity index (χ0) is 13.9. The molecule has 2 aromatic rings. The molecular formula is C16H17ClN2O. The molecule has 2 N–H and O–H groups in total. The van der Waals surface area contributed by atoms with Crippen LogP contribution in [0.5, 0.6) is 0 Å². The Bertz CT molecular complexity index is 641. The molecule has 1 aromatic carbocycles. The molecule has 0 unspecified atom stereocenters. The van der Waals surface area contributed by atoms with Gasteiger partial charge in [-0.2, -0.15) is 0 Å². The Labute approximate surface area is 123 Å². The highest BCUT2D eigenvalue weighted by atomic mass is 35.5. The van der Waals surface area contributed by atoms with Gasteiger partial charge in [-0.3, -0.25) is 4.98 Å². The van der Waals surface area contributed by atoms with Crippen molar-refractivity contribution in [1.82, 2.24) is 10.3 Å². The number of nitrogens with one attached hydrogen (secondary N) is 1. The first kappa shape index (κ1) is 13.6. The van der Waals surface area contributed by atoms with Gasteiger partial charge in [0, 0.05) is 41.7 Å². The largest absolute Gasteiger partial charge is 0.396 e. The molecule has 0 bridgehead atoms. The minimum absolute atomic E-state index is 0.219. The Balaban J connectivity index is 1.76. The summed E-state index contributed by atoms with van der Waals surface area (Å²) >= 11 is 6.16. The first-order chi connectivity index (χ1) is 9.76. The number of aromatic nitrogens is 1. The Kier molecular flexibility index (Phi) is 4.01. The van der Waals surface area contributed by atoms with Crippen molar-refractivity contribution in [2.24, 2.45) is 5.92 Å². The zero-order valence-electron chi connectivity index (χ0n) is 11.1. The molecule has 3 rings (SSSR count). The third-order valence-electron chi connectivity index (χ3n) is 3.71. The second kappa shape index (κ2) is 5.92. The van der Waals surface area contributed by atoms with E-state index in [1.54, 1.807) is 6.20 Å². The van der Waals surface area contributed by atoms with E-state index in [0.717, 1.165) is 34.5 Å². The Morgan fingerprint density at radius 1 is 1.35 bits per heavy atom. The van der Waals surface area contributed by atoms with Crippen molar-refractivity contribution in [2.75, 3.05) is 6.61 Å². The average molecular weight is 289 g/mol. The third-order valence-corrected chi connectivity index (χ3v) is 3.93. The summed E-state index contributed by atoms with van der Waals surface area (Å²) in [4.78, 5) is 4.44. The van der Waals surface area contributed by atoms with Crippen molar-refractivity contribution in [3.63, 3.8) is 0 Å². The summed E-state index contributed by atoms with van der Waals surface area (Å²) in [5.41, 5.74) is 2.10. The summed E-state index contributed by atoms with van der Waals surface area (Å²) in [6, 6.07) is 8.15. The highest BCUT2D eigenvalue weighted by Crippen LogP contribution is 2.23. The minimum atomic E-state index is 0.219. The predicted octanol–water partition coefficient (Wildman–Crippen LogP) is 2.91. The van der Waals surface area contributed by atoms with Crippen molar-refractivity contribution >= 4 is 22.5 Å². The van der Waals surface area contributed by atoms with Gasteiger partial charge in [-0.15, -0.1) is 0 Å². The van der Waals surface area contributed by atoms with Crippen LogP contribution in [0, 0.1) is 5.92 Å².